The first-order valence-electron chi connectivity index (χ1n) is 7.66. The molecule has 0 aromatic heterocycles. The second kappa shape index (κ2) is 6.93. The molecule has 2 aromatic carbocycles. The molecule has 122 valence electrons. The molecule has 5 heteroatoms. The van der Waals surface area contributed by atoms with E-state index in [4.69, 9.17) is 0 Å². The fraction of sp³-hybridized carbons (Fsp3) is 0.158. The van der Waals surface area contributed by atoms with E-state index in [0.717, 1.165) is 34.1 Å². The summed E-state index contributed by atoms with van der Waals surface area (Å²) in [7, 11) is 0. The number of anilines is 1. The van der Waals surface area contributed by atoms with Gasteiger partial charge in [-0.3, -0.25) is 14.5 Å². The summed E-state index contributed by atoms with van der Waals surface area (Å²) in [4.78, 5) is 26.3. The number of imide groups is 1. The van der Waals surface area contributed by atoms with Gasteiger partial charge < -0.3 is 5.32 Å². The van der Waals surface area contributed by atoms with Gasteiger partial charge in [-0.05, 0) is 54.9 Å². The predicted octanol–water partition coefficient (Wildman–Crippen LogP) is 4.41. The molecular weight excluding hydrogens is 320 g/mol. The number of benzene rings is 2. The Morgan fingerprint density at radius 3 is 2.46 bits per heavy atom. The molecule has 1 saturated heterocycles. The van der Waals surface area contributed by atoms with Crippen LogP contribution < -0.4 is 5.32 Å². The van der Waals surface area contributed by atoms with Gasteiger partial charge in [0.2, 0.25) is 0 Å². The SMILES string of the molecule is Cc1ccc(NCN2C(=O)S/C(=C\c3ccccc3C)C2=O)cc1. The number of thioether (sulfide) groups is 1. The molecule has 1 fully saturated rings. The van der Waals surface area contributed by atoms with Crippen molar-refractivity contribution < 1.29 is 9.59 Å². The van der Waals surface area contributed by atoms with Crippen LogP contribution in [-0.2, 0) is 4.79 Å². The van der Waals surface area contributed by atoms with E-state index < -0.39 is 0 Å². The van der Waals surface area contributed by atoms with Gasteiger partial charge in [-0.1, -0.05) is 42.0 Å². The summed E-state index contributed by atoms with van der Waals surface area (Å²) in [6.45, 7) is 4.16. The Bertz CT molecular complexity index is 812. The third-order valence-corrected chi connectivity index (χ3v) is 4.75. The first-order chi connectivity index (χ1) is 11.5. The highest BCUT2D eigenvalue weighted by molar-refractivity contribution is 8.18. The zero-order valence-electron chi connectivity index (χ0n) is 13.6. The number of nitrogens with zero attached hydrogens (tertiary/aromatic N) is 1. The highest BCUT2D eigenvalue weighted by atomic mass is 32.2. The van der Waals surface area contributed by atoms with Gasteiger partial charge in [-0.15, -0.1) is 0 Å². The largest absolute Gasteiger partial charge is 0.367 e. The van der Waals surface area contributed by atoms with Crippen molar-refractivity contribution in [1.82, 2.24) is 4.90 Å². The number of carbonyl (C=O) groups excluding carboxylic acids is 2. The minimum atomic E-state index is -0.257. The van der Waals surface area contributed by atoms with Gasteiger partial charge in [-0.2, -0.15) is 0 Å². The van der Waals surface area contributed by atoms with Crippen LogP contribution in [0.5, 0.6) is 0 Å². The number of hydrogen-bond acceptors (Lipinski definition) is 4. The number of hydrogen-bond donors (Lipinski definition) is 1. The number of rotatable bonds is 4. The van der Waals surface area contributed by atoms with Gasteiger partial charge in [0.15, 0.2) is 0 Å². The predicted molar refractivity (Wildman–Crippen MR) is 98.7 cm³/mol. The maximum Gasteiger partial charge on any atom is 0.295 e. The maximum atomic E-state index is 12.5. The lowest BCUT2D eigenvalue weighted by Gasteiger charge is -2.14. The van der Waals surface area contributed by atoms with Crippen LogP contribution in [0.3, 0.4) is 0 Å². The van der Waals surface area contributed by atoms with Gasteiger partial charge in [0.1, 0.15) is 0 Å². The van der Waals surface area contributed by atoms with Gasteiger partial charge in [0, 0.05) is 5.69 Å². The summed E-state index contributed by atoms with van der Waals surface area (Å²) in [5.74, 6) is -0.257. The molecule has 3 rings (SSSR count). The fourth-order valence-corrected chi connectivity index (χ4v) is 3.20. The van der Waals surface area contributed by atoms with Gasteiger partial charge in [-0.25, -0.2) is 0 Å². The third-order valence-electron chi connectivity index (χ3n) is 3.84. The fourth-order valence-electron chi connectivity index (χ4n) is 2.37. The van der Waals surface area contributed by atoms with Gasteiger partial charge in [0.05, 0.1) is 11.6 Å². The molecule has 0 radical (unpaired) electrons. The van der Waals surface area contributed by atoms with Gasteiger partial charge in [0.25, 0.3) is 11.1 Å². The Kier molecular flexibility index (Phi) is 4.71. The lowest BCUT2D eigenvalue weighted by atomic mass is 10.1. The van der Waals surface area contributed by atoms with E-state index in [0.29, 0.717) is 4.91 Å². The molecule has 1 aliphatic heterocycles. The molecule has 1 N–H and O–H groups in total. The van der Waals surface area contributed by atoms with E-state index in [2.05, 4.69) is 5.32 Å². The second-order valence-corrected chi connectivity index (χ2v) is 6.66. The molecule has 1 heterocycles. The Hall–Kier alpha value is -2.53. The lowest BCUT2D eigenvalue weighted by Crippen LogP contribution is -2.33. The van der Waals surface area contributed by atoms with Crippen LogP contribution in [0.15, 0.2) is 53.4 Å². The van der Waals surface area contributed by atoms with Crippen molar-refractivity contribution in [1.29, 1.82) is 0 Å². The second-order valence-electron chi connectivity index (χ2n) is 5.67. The zero-order chi connectivity index (χ0) is 17.1. The first-order valence-corrected chi connectivity index (χ1v) is 8.48. The van der Waals surface area contributed by atoms with Crippen LogP contribution in [0.1, 0.15) is 16.7 Å². The number of nitrogens with one attached hydrogen (secondary N) is 1. The highest BCUT2D eigenvalue weighted by Crippen LogP contribution is 2.32. The average molecular weight is 338 g/mol. The summed E-state index contributed by atoms with van der Waals surface area (Å²) >= 11 is 0.981. The maximum absolute atomic E-state index is 12.5. The molecule has 0 atom stereocenters. The average Bonchev–Trinajstić information content (AvgIpc) is 2.83. The summed E-state index contributed by atoms with van der Waals surface area (Å²) in [6.07, 6.45) is 1.78. The molecule has 2 amide bonds. The Labute approximate surface area is 145 Å². The van der Waals surface area contributed by atoms with E-state index in [-0.39, 0.29) is 17.8 Å². The van der Waals surface area contributed by atoms with Crippen molar-refractivity contribution in [2.75, 3.05) is 12.0 Å². The quantitative estimate of drug-likeness (QED) is 0.839. The molecule has 0 aliphatic carbocycles. The number of amides is 2. The number of carbonyl (C=O) groups is 2. The first kappa shape index (κ1) is 16.3. The van der Waals surface area contributed by atoms with E-state index in [1.165, 1.54) is 4.90 Å². The minimum absolute atomic E-state index is 0.166. The summed E-state index contributed by atoms with van der Waals surface area (Å²) in [5, 5.41) is 2.86. The Morgan fingerprint density at radius 2 is 1.75 bits per heavy atom. The summed E-state index contributed by atoms with van der Waals surface area (Å²) < 4.78 is 0. The molecule has 0 unspecified atom stereocenters. The van der Waals surface area contributed by atoms with Crippen molar-refractivity contribution in [3.05, 3.63) is 70.1 Å². The normalized spacial score (nSPS) is 16.1. The van der Waals surface area contributed by atoms with E-state index in [1.54, 1.807) is 6.08 Å². The van der Waals surface area contributed by atoms with Crippen LogP contribution in [0, 0.1) is 13.8 Å². The van der Waals surface area contributed by atoms with Crippen molar-refractivity contribution in [2.24, 2.45) is 0 Å². The van der Waals surface area contributed by atoms with Crippen LogP contribution in [0.2, 0.25) is 0 Å². The van der Waals surface area contributed by atoms with Crippen LogP contribution >= 0.6 is 11.8 Å². The van der Waals surface area contributed by atoms with Crippen LogP contribution in [-0.4, -0.2) is 22.7 Å². The van der Waals surface area contributed by atoms with E-state index in [1.807, 2.05) is 62.4 Å². The molecule has 0 saturated carbocycles. The van der Waals surface area contributed by atoms with Crippen molar-refractivity contribution in [3.8, 4) is 0 Å². The molecule has 0 spiro atoms. The van der Waals surface area contributed by atoms with Gasteiger partial charge >= 0.3 is 0 Å². The van der Waals surface area contributed by atoms with Crippen LogP contribution in [0.4, 0.5) is 10.5 Å². The molecule has 24 heavy (non-hydrogen) atoms. The standard InChI is InChI=1S/C19H18N2O2S/c1-13-7-9-16(10-8-13)20-12-21-18(22)17(24-19(21)23)11-15-6-4-3-5-14(15)2/h3-11,20H,12H2,1-2H3/b17-11-. The molecule has 0 bridgehead atoms. The topological polar surface area (TPSA) is 49.4 Å². The molecule has 1 aliphatic rings. The molecular formula is C19H18N2O2S. The Morgan fingerprint density at radius 1 is 1.04 bits per heavy atom. The molecule has 2 aromatic rings. The summed E-state index contributed by atoms with van der Waals surface area (Å²) in [6, 6.07) is 15.6. The van der Waals surface area contributed by atoms with E-state index in [9.17, 15) is 9.59 Å². The van der Waals surface area contributed by atoms with E-state index >= 15 is 0 Å². The number of aryl methyl sites for hydroxylation is 2. The zero-order valence-corrected chi connectivity index (χ0v) is 14.4. The highest BCUT2D eigenvalue weighted by Gasteiger charge is 2.34. The van der Waals surface area contributed by atoms with Crippen molar-refractivity contribution in [2.45, 2.75) is 13.8 Å². The monoisotopic (exact) mass is 338 g/mol. The molecule has 4 nitrogen and oxygen atoms in total. The third kappa shape index (κ3) is 3.51. The summed E-state index contributed by atoms with van der Waals surface area (Å²) in [5.41, 5.74) is 4.06. The smallest absolute Gasteiger partial charge is 0.295 e. The lowest BCUT2D eigenvalue weighted by molar-refractivity contribution is -0.122. The Balaban J connectivity index is 1.72. The van der Waals surface area contributed by atoms with Crippen molar-refractivity contribution in [3.63, 3.8) is 0 Å². The minimum Gasteiger partial charge on any atom is -0.367 e. The van der Waals surface area contributed by atoms with Crippen LogP contribution in [0.25, 0.3) is 6.08 Å². The van der Waals surface area contributed by atoms with Crippen molar-refractivity contribution >= 4 is 34.7 Å².